The molecule has 2 rings (SSSR count). The molecule has 0 fully saturated rings. The van der Waals surface area contributed by atoms with Crippen LogP contribution in [-0.4, -0.2) is 41.4 Å². The highest BCUT2D eigenvalue weighted by Gasteiger charge is 2.21. The molecule has 3 N–H and O–H groups in total. The molecule has 7 heteroatoms. The average molecular weight is 433 g/mol. The highest BCUT2D eigenvalue weighted by molar-refractivity contribution is 5.99. The molecule has 0 aliphatic heterocycles. The maximum atomic E-state index is 12.4. The second kappa shape index (κ2) is 10.5. The van der Waals surface area contributed by atoms with Crippen LogP contribution in [0.4, 0.5) is 0 Å². The van der Waals surface area contributed by atoms with Gasteiger partial charge in [0, 0.05) is 24.0 Å². The third kappa shape index (κ3) is 6.87. The Morgan fingerprint density at radius 2 is 1.61 bits per heavy atom. The highest BCUT2D eigenvalue weighted by atomic mass is 16.5. The SMILES string of the molecule is COc1ccc(C(O)O)cc1OCCCOc1ccc(C(=O)CC(C)(C)C)c(O)c1C. The summed E-state index contributed by atoms with van der Waals surface area (Å²) in [5, 5.41) is 29.1. The minimum atomic E-state index is -1.59. The molecule has 0 aromatic heterocycles. The van der Waals surface area contributed by atoms with Crippen molar-refractivity contribution in [2.75, 3.05) is 20.3 Å². The predicted octanol–water partition coefficient (Wildman–Crippen LogP) is 4.16. The summed E-state index contributed by atoms with van der Waals surface area (Å²) < 4.78 is 16.7. The standard InChI is InChI=1S/C24H32O7/c1-15-19(10-8-17(22(15)26)18(25)14-24(2,3)4)30-11-6-12-31-21-13-16(23(27)28)7-9-20(21)29-5/h7-10,13,23,26-28H,6,11-12,14H2,1-5H3. The van der Waals surface area contributed by atoms with Crippen molar-refractivity contribution in [2.45, 2.75) is 46.8 Å². The number of carbonyl (C=O) groups excluding carboxylic acids is 1. The van der Waals surface area contributed by atoms with Gasteiger partial charge in [0.25, 0.3) is 0 Å². The maximum absolute atomic E-state index is 12.4. The normalized spacial score (nSPS) is 11.5. The maximum Gasteiger partial charge on any atom is 0.178 e. The van der Waals surface area contributed by atoms with Crippen LogP contribution in [0.15, 0.2) is 30.3 Å². The largest absolute Gasteiger partial charge is 0.507 e. The number of aliphatic hydroxyl groups is 2. The van der Waals surface area contributed by atoms with Gasteiger partial charge in [0.05, 0.1) is 25.9 Å². The summed E-state index contributed by atoms with van der Waals surface area (Å²) in [4.78, 5) is 12.4. The molecule has 0 saturated heterocycles. The number of benzene rings is 2. The van der Waals surface area contributed by atoms with Gasteiger partial charge in [-0.05, 0) is 36.6 Å². The molecule has 0 radical (unpaired) electrons. The fourth-order valence-electron chi connectivity index (χ4n) is 3.03. The quantitative estimate of drug-likeness (QED) is 0.294. The van der Waals surface area contributed by atoms with E-state index in [1.54, 1.807) is 31.2 Å². The van der Waals surface area contributed by atoms with Crippen molar-refractivity contribution >= 4 is 5.78 Å². The lowest BCUT2D eigenvalue weighted by molar-refractivity contribution is -0.0426. The first-order valence-electron chi connectivity index (χ1n) is 10.2. The van der Waals surface area contributed by atoms with Crippen LogP contribution in [0.25, 0.3) is 0 Å². The van der Waals surface area contributed by atoms with Gasteiger partial charge < -0.3 is 29.5 Å². The number of phenolic OH excluding ortho intramolecular Hbond substituents is 1. The van der Waals surface area contributed by atoms with Gasteiger partial charge in [0.2, 0.25) is 0 Å². The number of hydrogen-bond donors (Lipinski definition) is 3. The number of carbonyl (C=O) groups is 1. The summed E-state index contributed by atoms with van der Waals surface area (Å²) in [6.07, 6.45) is -0.708. The van der Waals surface area contributed by atoms with Crippen molar-refractivity contribution in [3.05, 3.63) is 47.0 Å². The Morgan fingerprint density at radius 3 is 2.19 bits per heavy atom. The number of ketones is 1. The number of aliphatic hydroxyl groups excluding tert-OH is 1. The van der Waals surface area contributed by atoms with Crippen LogP contribution in [-0.2, 0) is 0 Å². The molecule has 0 unspecified atom stereocenters. The zero-order valence-electron chi connectivity index (χ0n) is 18.8. The molecule has 0 aliphatic rings. The first kappa shape index (κ1) is 24.5. The van der Waals surface area contributed by atoms with Crippen molar-refractivity contribution in [1.82, 2.24) is 0 Å². The number of ether oxygens (including phenoxy) is 3. The highest BCUT2D eigenvalue weighted by Crippen LogP contribution is 2.33. The van der Waals surface area contributed by atoms with Crippen molar-refractivity contribution in [3.8, 4) is 23.0 Å². The number of aromatic hydroxyl groups is 1. The van der Waals surface area contributed by atoms with E-state index in [0.29, 0.717) is 60.0 Å². The van der Waals surface area contributed by atoms with Gasteiger partial charge in [-0.2, -0.15) is 0 Å². The minimum Gasteiger partial charge on any atom is -0.507 e. The lowest BCUT2D eigenvalue weighted by Crippen LogP contribution is -2.13. The van der Waals surface area contributed by atoms with Gasteiger partial charge in [-0.25, -0.2) is 0 Å². The third-order valence-corrected chi connectivity index (χ3v) is 4.66. The zero-order chi connectivity index (χ0) is 23.2. The van der Waals surface area contributed by atoms with E-state index in [-0.39, 0.29) is 16.9 Å². The summed E-state index contributed by atoms with van der Waals surface area (Å²) in [5.74, 6) is 1.25. The number of hydrogen-bond acceptors (Lipinski definition) is 7. The van der Waals surface area contributed by atoms with Gasteiger partial charge in [0.1, 0.15) is 11.5 Å². The van der Waals surface area contributed by atoms with Crippen molar-refractivity contribution < 1.29 is 34.3 Å². The molecule has 0 heterocycles. The van der Waals surface area contributed by atoms with Crippen LogP contribution in [0.5, 0.6) is 23.0 Å². The summed E-state index contributed by atoms with van der Waals surface area (Å²) in [6, 6.07) is 7.96. The van der Waals surface area contributed by atoms with E-state index in [9.17, 15) is 20.1 Å². The summed E-state index contributed by atoms with van der Waals surface area (Å²) in [5.41, 5.74) is 0.969. The molecule has 0 spiro atoms. The molecule has 0 bridgehead atoms. The molecule has 0 amide bonds. The van der Waals surface area contributed by atoms with Crippen LogP contribution in [0.3, 0.4) is 0 Å². The summed E-state index contributed by atoms with van der Waals surface area (Å²) in [6.45, 7) is 8.30. The molecular weight excluding hydrogens is 400 g/mol. The van der Waals surface area contributed by atoms with E-state index in [1.807, 2.05) is 20.8 Å². The first-order chi connectivity index (χ1) is 14.5. The molecule has 2 aromatic carbocycles. The summed E-state index contributed by atoms with van der Waals surface area (Å²) in [7, 11) is 1.51. The van der Waals surface area contributed by atoms with Gasteiger partial charge in [-0.15, -0.1) is 0 Å². The fourth-order valence-corrected chi connectivity index (χ4v) is 3.03. The van der Waals surface area contributed by atoms with E-state index in [2.05, 4.69) is 0 Å². The molecule has 2 aromatic rings. The smallest absolute Gasteiger partial charge is 0.178 e. The van der Waals surface area contributed by atoms with Gasteiger partial charge in [0.15, 0.2) is 23.6 Å². The lowest BCUT2D eigenvalue weighted by Gasteiger charge is -2.18. The van der Waals surface area contributed by atoms with E-state index in [4.69, 9.17) is 14.2 Å². The molecular formula is C24H32O7. The summed E-state index contributed by atoms with van der Waals surface area (Å²) >= 11 is 0. The third-order valence-electron chi connectivity index (χ3n) is 4.66. The van der Waals surface area contributed by atoms with Crippen molar-refractivity contribution in [1.29, 1.82) is 0 Å². The van der Waals surface area contributed by atoms with Crippen LogP contribution in [0, 0.1) is 12.3 Å². The van der Waals surface area contributed by atoms with E-state index in [1.165, 1.54) is 13.2 Å². The number of phenols is 1. The van der Waals surface area contributed by atoms with Gasteiger partial charge in [-0.1, -0.05) is 26.8 Å². The average Bonchev–Trinajstić information content (AvgIpc) is 2.69. The molecule has 0 atom stereocenters. The zero-order valence-corrected chi connectivity index (χ0v) is 18.8. The Morgan fingerprint density at radius 1 is 1.00 bits per heavy atom. The Labute approximate surface area is 183 Å². The second-order valence-corrected chi connectivity index (χ2v) is 8.58. The monoisotopic (exact) mass is 432 g/mol. The second-order valence-electron chi connectivity index (χ2n) is 8.58. The molecule has 7 nitrogen and oxygen atoms in total. The van der Waals surface area contributed by atoms with E-state index in [0.717, 1.165) is 0 Å². The lowest BCUT2D eigenvalue weighted by atomic mass is 9.87. The Balaban J connectivity index is 1.93. The van der Waals surface area contributed by atoms with Crippen LogP contribution in [0.2, 0.25) is 0 Å². The number of methoxy groups -OCH3 is 1. The van der Waals surface area contributed by atoms with Crippen molar-refractivity contribution in [2.24, 2.45) is 5.41 Å². The van der Waals surface area contributed by atoms with Crippen LogP contribution in [0.1, 0.15) is 61.4 Å². The Bertz CT molecular complexity index is 898. The molecule has 0 saturated carbocycles. The molecule has 31 heavy (non-hydrogen) atoms. The molecule has 0 aliphatic carbocycles. The van der Waals surface area contributed by atoms with Crippen molar-refractivity contribution in [3.63, 3.8) is 0 Å². The predicted molar refractivity (Wildman–Crippen MR) is 117 cm³/mol. The number of Topliss-reactive ketones (excluding diaryl/α,β-unsaturated/α-hetero) is 1. The Hall–Kier alpha value is -2.77. The topological polar surface area (TPSA) is 105 Å². The van der Waals surface area contributed by atoms with Crippen LogP contribution < -0.4 is 14.2 Å². The van der Waals surface area contributed by atoms with E-state index < -0.39 is 6.29 Å². The van der Waals surface area contributed by atoms with E-state index >= 15 is 0 Å². The Kier molecular flexibility index (Phi) is 8.30. The molecule has 170 valence electrons. The van der Waals surface area contributed by atoms with Crippen LogP contribution >= 0.6 is 0 Å². The fraction of sp³-hybridized carbons (Fsp3) is 0.458. The van der Waals surface area contributed by atoms with Gasteiger partial charge >= 0.3 is 0 Å². The minimum absolute atomic E-state index is 0.0490. The number of rotatable bonds is 10. The first-order valence-corrected chi connectivity index (χ1v) is 10.2. The van der Waals surface area contributed by atoms with Gasteiger partial charge in [-0.3, -0.25) is 4.79 Å².